The molecule has 0 fully saturated rings. The van der Waals surface area contributed by atoms with E-state index < -0.39 is 0 Å². The van der Waals surface area contributed by atoms with E-state index in [1.165, 1.54) is 54.6 Å². The van der Waals surface area contributed by atoms with E-state index in [9.17, 15) is 0 Å². The van der Waals surface area contributed by atoms with Gasteiger partial charge in [0.2, 0.25) is 0 Å². The molecule has 0 spiro atoms. The number of rotatable bonds is 7. The first-order chi connectivity index (χ1) is 21.8. The highest BCUT2D eigenvalue weighted by molar-refractivity contribution is 6.21. The van der Waals surface area contributed by atoms with Crippen molar-refractivity contribution in [2.75, 3.05) is 5.32 Å². The average Bonchev–Trinajstić information content (AvgIpc) is 3.08. The Kier molecular flexibility index (Phi) is 7.55. The van der Waals surface area contributed by atoms with Crippen LogP contribution in [0.25, 0.3) is 54.6 Å². The summed E-state index contributed by atoms with van der Waals surface area (Å²) in [6.45, 7) is 3.79. The summed E-state index contributed by atoms with van der Waals surface area (Å²) in [6, 6.07) is 51.8. The third-order valence-corrected chi connectivity index (χ3v) is 8.04. The Labute approximate surface area is 258 Å². The summed E-state index contributed by atoms with van der Waals surface area (Å²) < 4.78 is 0. The normalized spacial score (nSPS) is 11.9. The van der Waals surface area contributed by atoms with Crippen molar-refractivity contribution in [1.29, 1.82) is 0 Å². The molecule has 0 unspecified atom stereocenters. The Bertz CT molecular complexity index is 2110. The Morgan fingerprint density at radius 3 is 1.75 bits per heavy atom. The molecular formula is C42H32N2. The predicted molar refractivity (Wildman–Crippen MR) is 191 cm³/mol. The Morgan fingerprint density at radius 1 is 0.568 bits per heavy atom. The van der Waals surface area contributed by atoms with E-state index in [-0.39, 0.29) is 0 Å². The maximum Gasteiger partial charge on any atom is 0.110 e. The maximum atomic E-state index is 4.87. The zero-order chi connectivity index (χ0) is 29.7. The quantitative estimate of drug-likeness (QED) is 0.0885. The highest BCUT2D eigenvalue weighted by Gasteiger charge is 2.16. The van der Waals surface area contributed by atoms with Gasteiger partial charge in [-0.25, -0.2) is 4.99 Å². The van der Waals surface area contributed by atoms with Crippen molar-refractivity contribution < 1.29 is 0 Å². The minimum absolute atomic E-state index is 0.675. The van der Waals surface area contributed by atoms with Crippen LogP contribution in [-0.4, -0.2) is 5.84 Å². The molecule has 0 aliphatic heterocycles. The lowest BCUT2D eigenvalue weighted by molar-refractivity contribution is 1.37. The molecule has 0 heterocycles. The van der Waals surface area contributed by atoms with E-state index in [0.29, 0.717) is 6.42 Å². The van der Waals surface area contributed by atoms with Gasteiger partial charge in [-0.1, -0.05) is 140 Å². The number of nitrogens with zero attached hydrogens (tertiary/aromatic N) is 1. The van der Waals surface area contributed by atoms with Gasteiger partial charge in [-0.2, -0.15) is 0 Å². The second-order valence-electron chi connectivity index (χ2n) is 10.9. The molecule has 1 N–H and O–H groups in total. The van der Waals surface area contributed by atoms with Gasteiger partial charge in [0.25, 0.3) is 0 Å². The number of hydrogen-bond donors (Lipinski definition) is 1. The fourth-order valence-electron chi connectivity index (χ4n) is 6.04. The standard InChI is InChI=1S/C42H32N2/c1-2-3-5-22-40(43-34-16-6-4-7-17-34)44-35-27-25-31(26-28-35)41-36-18-10-12-20-38(36)42(39-21-13-11-19-37(39)41)33-24-23-30-14-8-9-15-32(30)29-33/h2-21,23-29H,1,22H2,(H,43,44)/b5-3-. The molecule has 0 aliphatic rings. The van der Waals surface area contributed by atoms with E-state index in [0.717, 1.165) is 17.2 Å². The Hall–Kier alpha value is -5.73. The molecule has 7 aromatic rings. The summed E-state index contributed by atoms with van der Waals surface area (Å²) in [7, 11) is 0. The molecular weight excluding hydrogens is 532 g/mol. The smallest absolute Gasteiger partial charge is 0.110 e. The van der Waals surface area contributed by atoms with Crippen molar-refractivity contribution in [2.24, 2.45) is 4.99 Å². The minimum atomic E-state index is 0.675. The molecule has 0 saturated carbocycles. The van der Waals surface area contributed by atoms with Crippen LogP contribution in [0.5, 0.6) is 0 Å². The van der Waals surface area contributed by atoms with Crippen LogP contribution in [0.2, 0.25) is 0 Å². The third kappa shape index (κ3) is 5.42. The van der Waals surface area contributed by atoms with Crippen LogP contribution in [-0.2, 0) is 0 Å². The van der Waals surface area contributed by atoms with Crippen molar-refractivity contribution in [1.82, 2.24) is 0 Å². The van der Waals surface area contributed by atoms with Crippen molar-refractivity contribution in [3.63, 3.8) is 0 Å². The number of hydrogen-bond acceptors (Lipinski definition) is 1. The van der Waals surface area contributed by atoms with E-state index in [1.807, 2.05) is 36.4 Å². The van der Waals surface area contributed by atoms with Crippen LogP contribution in [0.1, 0.15) is 6.42 Å². The predicted octanol–water partition coefficient (Wildman–Crippen LogP) is 11.8. The SMILES string of the molecule is C=C/C=C\C/C(=N/c1ccccc1)Nc1ccc(-c2c3ccccc3c(-c3ccc4ccccc4c3)c3ccccc23)cc1. The molecule has 2 heteroatoms. The summed E-state index contributed by atoms with van der Waals surface area (Å²) in [5.74, 6) is 0.873. The highest BCUT2D eigenvalue weighted by atomic mass is 15.0. The van der Waals surface area contributed by atoms with Gasteiger partial charge in [0, 0.05) is 12.1 Å². The molecule has 7 aromatic carbocycles. The van der Waals surface area contributed by atoms with Crippen LogP contribution >= 0.6 is 0 Å². The minimum Gasteiger partial charge on any atom is -0.343 e. The molecule has 0 saturated heterocycles. The number of nitrogens with one attached hydrogen (secondary N) is 1. The molecule has 0 aliphatic carbocycles. The third-order valence-electron chi connectivity index (χ3n) is 8.04. The van der Waals surface area contributed by atoms with Gasteiger partial charge in [0.15, 0.2) is 0 Å². The first-order valence-corrected chi connectivity index (χ1v) is 15.0. The number of benzene rings is 7. The molecule has 210 valence electrons. The first kappa shape index (κ1) is 27.1. The molecule has 0 aromatic heterocycles. The fraction of sp³-hybridized carbons (Fsp3) is 0.0238. The maximum absolute atomic E-state index is 4.87. The zero-order valence-electron chi connectivity index (χ0n) is 24.4. The number of amidine groups is 1. The number of para-hydroxylation sites is 1. The van der Waals surface area contributed by atoms with Crippen molar-refractivity contribution in [2.45, 2.75) is 6.42 Å². The molecule has 0 amide bonds. The van der Waals surface area contributed by atoms with Gasteiger partial charge in [-0.3, -0.25) is 0 Å². The van der Waals surface area contributed by atoms with Crippen LogP contribution in [0, 0.1) is 0 Å². The summed E-state index contributed by atoms with van der Waals surface area (Å²) >= 11 is 0. The second-order valence-corrected chi connectivity index (χ2v) is 10.9. The topological polar surface area (TPSA) is 24.4 Å². The Balaban J connectivity index is 1.32. The second kappa shape index (κ2) is 12.2. The zero-order valence-corrected chi connectivity index (χ0v) is 24.4. The van der Waals surface area contributed by atoms with Gasteiger partial charge < -0.3 is 5.32 Å². The lowest BCUT2D eigenvalue weighted by Crippen LogP contribution is -2.10. The van der Waals surface area contributed by atoms with Crippen LogP contribution in [0.15, 0.2) is 175 Å². The molecule has 0 atom stereocenters. The number of allylic oxidation sites excluding steroid dienone is 2. The first-order valence-electron chi connectivity index (χ1n) is 15.0. The summed E-state index contributed by atoms with van der Waals surface area (Å²) in [5, 5.41) is 11.1. The summed E-state index contributed by atoms with van der Waals surface area (Å²) in [5.41, 5.74) is 6.86. The monoisotopic (exact) mass is 564 g/mol. The lowest BCUT2D eigenvalue weighted by atomic mass is 9.85. The van der Waals surface area contributed by atoms with Gasteiger partial charge >= 0.3 is 0 Å². The van der Waals surface area contributed by atoms with E-state index in [1.54, 1.807) is 6.08 Å². The number of fused-ring (bicyclic) bond motifs is 3. The molecule has 0 bridgehead atoms. The van der Waals surface area contributed by atoms with Crippen LogP contribution in [0.4, 0.5) is 11.4 Å². The largest absolute Gasteiger partial charge is 0.343 e. The van der Waals surface area contributed by atoms with Crippen LogP contribution < -0.4 is 5.32 Å². The number of aliphatic imine (C=N–C) groups is 1. The highest BCUT2D eigenvalue weighted by Crippen LogP contribution is 2.44. The molecule has 44 heavy (non-hydrogen) atoms. The molecule has 0 radical (unpaired) electrons. The average molecular weight is 565 g/mol. The lowest BCUT2D eigenvalue weighted by Gasteiger charge is -2.18. The van der Waals surface area contributed by atoms with Crippen molar-refractivity contribution in [3.8, 4) is 22.3 Å². The molecule has 7 rings (SSSR count). The fourth-order valence-corrected chi connectivity index (χ4v) is 6.04. The molecule has 2 nitrogen and oxygen atoms in total. The van der Waals surface area contributed by atoms with Gasteiger partial charge in [-0.05, 0) is 84.9 Å². The summed E-state index contributed by atoms with van der Waals surface area (Å²) in [4.78, 5) is 4.87. The van der Waals surface area contributed by atoms with E-state index >= 15 is 0 Å². The summed E-state index contributed by atoms with van der Waals surface area (Å²) in [6.07, 6.45) is 6.47. The van der Waals surface area contributed by atoms with Gasteiger partial charge in [0.05, 0.1) is 5.69 Å². The Morgan fingerprint density at radius 2 is 1.11 bits per heavy atom. The van der Waals surface area contributed by atoms with Gasteiger partial charge in [0.1, 0.15) is 5.84 Å². The van der Waals surface area contributed by atoms with Crippen LogP contribution in [0.3, 0.4) is 0 Å². The van der Waals surface area contributed by atoms with E-state index in [4.69, 9.17) is 4.99 Å². The number of anilines is 1. The van der Waals surface area contributed by atoms with Crippen molar-refractivity contribution in [3.05, 3.63) is 170 Å². The van der Waals surface area contributed by atoms with Gasteiger partial charge in [-0.15, -0.1) is 0 Å². The van der Waals surface area contributed by atoms with Crippen molar-refractivity contribution >= 4 is 49.5 Å². The van der Waals surface area contributed by atoms with E-state index in [2.05, 4.69) is 133 Å².